The van der Waals surface area contributed by atoms with E-state index < -0.39 is 8.32 Å². The van der Waals surface area contributed by atoms with E-state index in [0.29, 0.717) is 11.8 Å². The van der Waals surface area contributed by atoms with Crippen molar-refractivity contribution in [2.45, 2.75) is 26.6 Å². The molecule has 5 nitrogen and oxygen atoms in total. The van der Waals surface area contributed by atoms with Gasteiger partial charge < -0.3 is 10.2 Å². The molecule has 2 N–H and O–H groups in total. The minimum atomic E-state index is -1.65. The molecule has 1 rings (SSSR count). The average molecular weight is 198 g/mol. The van der Waals surface area contributed by atoms with E-state index in [1.807, 2.05) is 0 Å². The third-order valence-electron chi connectivity index (χ3n) is 1.14. The lowest BCUT2D eigenvalue weighted by Crippen LogP contribution is -2.30. The van der Waals surface area contributed by atoms with Crippen LogP contribution in [0.25, 0.3) is 0 Å². The van der Waals surface area contributed by atoms with Gasteiger partial charge in [-0.3, -0.25) is 0 Å². The first-order valence-corrected chi connectivity index (χ1v) is 7.45. The van der Waals surface area contributed by atoms with Crippen molar-refractivity contribution in [2.75, 3.05) is 5.73 Å². The van der Waals surface area contributed by atoms with Crippen molar-refractivity contribution in [1.82, 2.24) is 15.0 Å². The molecule has 0 aliphatic rings. The van der Waals surface area contributed by atoms with Crippen LogP contribution in [0.1, 0.15) is 5.82 Å². The lowest BCUT2D eigenvalue weighted by molar-refractivity contribution is 0.504. The van der Waals surface area contributed by atoms with Crippen LogP contribution in [0.15, 0.2) is 0 Å². The van der Waals surface area contributed by atoms with Gasteiger partial charge in [-0.05, 0) is 26.6 Å². The second kappa shape index (κ2) is 3.29. The lowest BCUT2D eigenvalue weighted by Gasteiger charge is -2.16. The second-order valence-corrected chi connectivity index (χ2v) is 8.17. The van der Waals surface area contributed by atoms with Crippen molar-refractivity contribution in [3.63, 3.8) is 0 Å². The van der Waals surface area contributed by atoms with Crippen LogP contribution in [0.4, 0.5) is 5.95 Å². The molecule has 6 heteroatoms. The molecule has 0 unspecified atom stereocenters. The summed E-state index contributed by atoms with van der Waals surface area (Å²) in [6, 6.07) is 0.337. The summed E-state index contributed by atoms with van der Waals surface area (Å²) in [5, 5.41) is 0. The van der Waals surface area contributed by atoms with Crippen molar-refractivity contribution in [3.05, 3.63) is 5.82 Å². The van der Waals surface area contributed by atoms with Crippen molar-refractivity contribution in [3.8, 4) is 6.01 Å². The highest BCUT2D eigenvalue weighted by molar-refractivity contribution is 6.70. The van der Waals surface area contributed by atoms with Gasteiger partial charge in [-0.15, -0.1) is 0 Å². The van der Waals surface area contributed by atoms with Gasteiger partial charge in [0.25, 0.3) is 0 Å². The molecule has 0 fully saturated rings. The SMILES string of the molecule is Cc1nc(N)nc(O[Si](C)(C)C)n1. The largest absolute Gasteiger partial charge is 0.518 e. The van der Waals surface area contributed by atoms with Crippen LogP contribution in [0.2, 0.25) is 19.6 Å². The summed E-state index contributed by atoms with van der Waals surface area (Å²) < 4.78 is 5.56. The van der Waals surface area contributed by atoms with Crippen LogP contribution in [-0.2, 0) is 0 Å². The number of hydrogen-bond donors (Lipinski definition) is 1. The Balaban J connectivity index is 2.90. The number of nitrogen functional groups attached to an aromatic ring is 1. The molecule has 13 heavy (non-hydrogen) atoms. The Hall–Kier alpha value is -1.17. The molecule has 0 aliphatic heterocycles. The van der Waals surface area contributed by atoms with Gasteiger partial charge in [-0.1, -0.05) is 0 Å². The molecule has 1 aromatic heterocycles. The second-order valence-electron chi connectivity index (χ2n) is 3.74. The number of aryl methyl sites for hydroxylation is 1. The standard InChI is InChI=1S/C7H14N4OSi/c1-5-9-6(8)11-7(10-5)12-13(2,3)4/h1-4H3,(H2,8,9,10,11). The summed E-state index contributed by atoms with van der Waals surface area (Å²) in [6.45, 7) is 7.93. The third-order valence-corrected chi connectivity index (χ3v) is 1.94. The molecule has 0 saturated heterocycles. The van der Waals surface area contributed by atoms with E-state index >= 15 is 0 Å². The van der Waals surface area contributed by atoms with Crippen LogP contribution in [0, 0.1) is 6.92 Å². The summed E-state index contributed by atoms with van der Waals surface area (Å²) in [5.74, 6) is 0.793. The molecule has 0 amide bonds. The predicted molar refractivity (Wildman–Crippen MR) is 53.0 cm³/mol. The Labute approximate surface area is 78.5 Å². The van der Waals surface area contributed by atoms with E-state index in [0.717, 1.165) is 0 Å². The molecule has 0 atom stereocenters. The minimum Gasteiger partial charge on any atom is -0.518 e. The minimum absolute atomic E-state index is 0.209. The summed E-state index contributed by atoms with van der Waals surface area (Å²) in [5.41, 5.74) is 5.45. The van der Waals surface area contributed by atoms with E-state index in [4.69, 9.17) is 10.2 Å². The molecule has 1 aromatic rings. The molecule has 0 spiro atoms. The molecule has 0 radical (unpaired) electrons. The first-order valence-electron chi connectivity index (χ1n) is 4.04. The molecule has 0 saturated carbocycles. The van der Waals surface area contributed by atoms with Crippen molar-refractivity contribution in [1.29, 1.82) is 0 Å². The molecular weight excluding hydrogens is 184 g/mol. The van der Waals surface area contributed by atoms with Gasteiger partial charge in [0.05, 0.1) is 0 Å². The van der Waals surface area contributed by atoms with Crippen LogP contribution < -0.4 is 10.2 Å². The van der Waals surface area contributed by atoms with Crippen LogP contribution in [-0.4, -0.2) is 23.3 Å². The van der Waals surface area contributed by atoms with Crippen molar-refractivity contribution < 1.29 is 4.43 Å². The van der Waals surface area contributed by atoms with E-state index in [2.05, 4.69) is 34.6 Å². The zero-order chi connectivity index (χ0) is 10.1. The highest BCUT2D eigenvalue weighted by atomic mass is 28.4. The number of nitrogens with two attached hydrogens (primary N) is 1. The Morgan fingerprint density at radius 3 is 2.23 bits per heavy atom. The Morgan fingerprint density at radius 1 is 1.15 bits per heavy atom. The Bertz CT molecular complexity index is 290. The van der Waals surface area contributed by atoms with Crippen LogP contribution in [0.5, 0.6) is 6.01 Å². The number of rotatable bonds is 2. The molecule has 72 valence electrons. The van der Waals surface area contributed by atoms with Gasteiger partial charge in [-0.2, -0.15) is 15.0 Å². The summed E-state index contributed by atoms with van der Waals surface area (Å²) in [6.07, 6.45) is 0. The van der Waals surface area contributed by atoms with Gasteiger partial charge in [0.2, 0.25) is 14.3 Å². The van der Waals surface area contributed by atoms with Crippen molar-refractivity contribution in [2.24, 2.45) is 0 Å². The van der Waals surface area contributed by atoms with Gasteiger partial charge in [-0.25, -0.2) is 0 Å². The lowest BCUT2D eigenvalue weighted by atomic mass is 10.7. The first kappa shape index (κ1) is 9.91. The van der Waals surface area contributed by atoms with E-state index in [1.165, 1.54) is 0 Å². The first-order chi connectivity index (χ1) is 5.87. The van der Waals surface area contributed by atoms with E-state index in [-0.39, 0.29) is 5.95 Å². The van der Waals surface area contributed by atoms with Gasteiger partial charge in [0.15, 0.2) is 0 Å². The van der Waals surface area contributed by atoms with Gasteiger partial charge in [0, 0.05) is 0 Å². The highest BCUT2D eigenvalue weighted by Gasteiger charge is 2.18. The maximum absolute atomic E-state index is 5.56. The number of anilines is 1. The van der Waals surface area contributed by atoms with Gasteiger partial charge in [0.1, 0.15) is 5.82 Å². The fourth-order valence-electron chi connectivity index (χ4n) is 0.797. The monoisotopic (exact) mass is 198 g/mol. The van der Waals surface area contributed by atoms with E-state index in [1.54, 1.807) is 6.92 Å². The third kappa shape index (κ3) is 3.37. The maximum Gasteiger partial charge on any atom is 0.307 e. The summed E-state index contributed by atoms with van der Waals surface area (Å²) >= 11 is 0. The topological polar surface area (TPSA) is 73.9 Å². The fraction of sp³-hybridized carbons (Fsp3) is 0.571. The fourth-order valence-corrected chi connectivity index (χ4v) is 1.44. The zero-order valence-corrected chi connectivity index (χ0v) is 9.33. The quantitative estimate of drug-likeness (QED) is 0.717. The number of aromatic nitrogens is 3. The van der Waals surface area contributed by atoms with Gasteiger partial charge >= 0.3 is 6.01 Å². The van der Waals surface area contributed by atoms with Crippen LogP contribution >= 0.6 is 0 Å². The zero-order valence-electron chi connectivity index (χ0n) is 8.33. The highest BCUT2D eigenvalue weighted by Crippen LogP contribution is 2.10. The molecule has 0 bridgehead atoms. The number of hydrogen-bond acceptors (Lipinski definition) is 5. The molecule has 0 aromatic carbocycles. The summed E-state index contributed by atoms with van der Waals surface area (Å²) in [4.78, 5) is 11.8. The Kier molecular flexibility index (Phi) is 2.51. The summed E-state index contributed by atoms with van der Waals surface area (Å²) in [7, 11) is -1.65. The number of nitrogens with zero attached hydrogens (tertiary/aromatic N) is 3. The van der Waals surface area contributed by atoms with Crippen LogP contribution in [0.3, 0.4) is 0 Å². The molecule has 1 heterocycles. The molecular formula is C7H14N4OSi. The Morgan fingerprint density at radius 2 is 1.77 bits per heavy atom. The normalized spacial score (nSPS) is 11.4. The maximum atomic E-state index is 5.56. The predicted octanol–water partition coefficient (Wildman–Crippen LogP) is 0.976. The van der Waals surface area contributed by atoms with E-state index in [9.17, 15) is 0 Å². The molecule has 0 aliphatic carbocycles. The average Bonchev–Trinajstić information content (AvgIpc) is 1.78. The smallest absolute Gasteiger partial charge is 0.307 e. The van der Waals surface area contributed by atoms with Crippen molar-refractivity contribution >= 4 is 14.3 Å².